The van der Waals surface area contributed by atoms with Gasteiger partial charge in [0.2, 0.25) is 5.91 Å². The summed E-state index contributed by atoms with van der Waals surface area (Å²) in [6.45, 7) is -10.1. The number of imidazole rings is 1. The van der Waals surface area contributed by atoms with E-state index in [9.17, 15) is 23.8 Å². The summed E-state index contributed by atoms with van der Waals surface area (Å²) in [6.07, 6.45) is -5.24. The predicted octanol–water partition coefficient (Wildman–Crippen LogP) is 0.891. The molecule has 0 aromatic carbocycles. The lowest BCUT2D eigenvalue weighted by molar-refractivity contribution is -0.123. The maximum atomic E-state index is 16.5. The molecule has 0 saturated carbocycles. The van der Waals surface area contributed by atoms with Gasteiger partial charge in [0.15, 0.2) is 29.8 Å². The summed E-state index contributed by atoms with van der Waals surface area (Å²) >= 11 is 8.21. The third kappa shape index (κ3) is 7.11. The maximum absolute atomic E-state index is 16.5. The summed E-state index contributed by atoms with van der Waals surface area (Å²) in [5.41, 5.74) is 0.551. The van der Waals surface area contributed by atoms with Gasteiger partial charge in [0.05, 0.1) is 24.9 Å². The molecule has 292 valence electrons. The molecule has 2 unspecified atom stereocenters. The number of ether oxygens (including phenoxy) is 2. The number of aromatic nitrogens is 7. The Hall–Kier alpha value is -2.99. The molecule has 26 heteroatoms. The molecule has 4 aliphatic heterocycles. The van der Waals surface area contributed by atoms with Crippen molar-refractivity contribution < 1.29 is 56.1 Å². The number of alkyl halides is 1. The van der Waals surface area contributed by atoms with Crippen molar-refractivity contribution in [2.45, 2.75) is 68.5 Å². The van der Waals surface area contributed by atoms with E-state index in [0.29, 0.717) is 29.8 Å². The van der Waals surface area contributed by atoms with Crippen LogP contribution >= 0.6 is 38.1 Å². The number of rotatable bonds is 6. The fraction of sp³-hybridized carbons (Fsp3) is 0.571. The second-order valence-electron chi connectivity index (χ2n) is 12.8. The van der Waals surface area contributed by atoms with Crippen molar-refractivity contribution in [3.05, 3.63) is 41.1 Å². The monoisotopic (exact) mass is 833 g/mol. The Bertz CT molecular complexity index is 2250. The molecule has 2 bridgehead atoms. The van der Waals surface area contributed by atoms with Gasteiger partial charge in [-0.1, -0.05) is 24.5 Å². The Morgan fingerprint density at radius 2 is 1.74 bits per heavy atom. The highest BCUT2D eigenvalue weighted by Gasteiger charge is 2.54. The lowest BCUT2D eigenvalue weighted by Gasteiger charge is -2.26. The number of anilines is 1. The zero-order valence-electron chi connectivity index (χ0n) is 27.9. The van der Waals surface area contributed by atoms with Crippen molar-refractivity contribution in [2.24, 2.45) is 0 Å². The standard InChI is InChI=1S/C28H34FN9O12P2S2/c29-18-21-15(48-27(18)37-6-13-2-1-3-31-23-17(13)24(37)33-10-32-23)9-46-52(44,54)50-22-20(41)14(8-45-51(43,53)49-21)47-28(22)38-12-34-19-25(38)35-11-36(26(19)42)5-4-30-16(40)7-39/h6,10-12,14-15,18,20-22,27-28,39,41H,1-5,7-9H2,(H,30,40)(H,43,53)(H,44,54)(H,31,32,33)/t14-,15-,18-,20-,21-,22-,27-,28-,51?,52?/m1/s1. The summed E-state index contributed by atoms with van der Waals surface area (Å²) in [5, 5.41) is 26.6. The van der Waals surface area contributed by atoms with Gasteiger partial charge in [0, 0.05) is 25.8 Å². The van der Waals surface area contributed by atoms with Crippen LogP contribution in [0.4, 0.5) is 10.2 Å². The van der Waals surface area contributed by atoms with Crippen LogP contribution in [0.3, 0.4) is 0 Å². The number of aryl methyl sites for hydroxylation is 1. The number of halogens is 1. The maximum Gasteiger partial charge on any atom is 0.386 e. The second-order valence-corrected chi connectivity index (χ2v) is 18.6. The largest absolute Gasteiger partial charge is 0.387 e. The fourth-order valence-electron chi connectivity index (χ4n) is 6.90. The molecule has 3 saturated heterocycles. The lowest BCUT2D eigenvalue weighted by atomic mass is 10.1. The average Bonchev–Trinajstić information content (AvgIpc) is 3.85. The highest BCUT2D eigenvalue weighted by atomic mass is 32.7. The minimum Gasteiger partial charge on any atom is -0.387 e. The summed E-state index contributed by atoms with van der Waals surface area (Å²) in [5.74, 6) is -0.0256. The van der Waals surface area contributed by atoms with Crippen molar-refractivity contribution in [3.8, 4) is 0 Å². The van der Waals surface area contributed by atoms with Gasteiger partial charge < -0.3 is 34.9 Å². The number of nitrogens with one attached hydrogen (secondary N) is 2. The number of aliphatic hydroxyl groups is 2. The zero-order chi connectivity index (χ0) is 37.9. The first kappa shape index (κ1) is 37.9. The summed E-state index contributed by atoms with van der Waals surface area (Å²) < 4.78 is 82.4. The molecule has 8 rings (SSSR count). The minimum atomic E-state index is -4.45. The van der Waals surface area contributed by atoms with Gasteiger partial charge in [-0.15, -0.1) is 0 Å². The molecule has 1 amide bonds. The number of aliphatic hydroxyl groups excluding tert-OH is 2. The third-order valence-corrected chi connectivity index (χ3v) is 12.6. The molecule has 0 aliphatic carbocycles. The molecule has 8 heterocycles. The highest BCUT2D eigenvalue weighted by molar-refractivity contribution is 8.44. The molecule has 0 spiro atoms. The van der Waals surface area contributed by atoms with Crippen molar-refractivity contribution in [1.29, 1.82) is 0 Å². The molecule has 4 aliphatic rings. The lowest BCUT2D eigenvalue weighted by Crippen LogP contribution is -2.35. The van der Waals surface area contributed by atoms with Crippen LogP contribution in [0.5, 0.6) is 0 Å². The van der Waals surface area contributed by atoms with Gasteiger partial charge in [0.25, 0.3) is 5.56 Å². The number of thiol groups is 2. The van der Waals surface area contributed by atoms with Crippen molar-refractivity contribution in [2.75, 3.05) is 38.2 Å². The van der Waals surface area contributed by atoms with E-state index in [4.69, 9.17) is 32.7 Å². The van der Waals surface area contributed by atoms with Crippen molar-refractivity contribution >= 4 is 72.0 Å². The van der Waals surface area contributed by atoms with Gasteiger partial charge in [-0.05, 0) is 18.4 Å². The first-order valence-corrected chi connectivity index (χ1v) is 22.1. The van der Waals surface area contributed by atoms with Gasteiger partial charge in [-0.3, -0.25) is 36.8 Å². The number of hydrogen-bond acceptors (Lipinski definition) is 17. The van der Waals surface area contributed by atoms with E-state index in [1.165, 1.54) is 32.7 Å². The molecule has 21 nitrogen and oxygen atoms in total. The molecule has 10 atom stereocenters. The van der Waals surface area contributed by atoms with Crippen LogP contribution in [-0.2, 0) is 54.5 Å². The van der Waals surface area contributed by atoms with Crippen LogP contribution in [-0.4, -0.2) is 119 Å². The highest BCUT2D eigenvalue weighted by Crippen LogP contribution is 2.60. The van der Waals surface area contributed by atoms with Crippen LogP contribution < -0.4 is 16.2 Å². The summed E-state index contributed by atoms with van der Waals surface area (Å²) in [6, 6.07) is 0. The molecular formula is C28H34FN9O12P2S2. The Morgan fingerprint density at radius 3 is 2.52 bits per heavy atom. The number of hydrogen-bond donors (Lipinski definition) is 6. The van der Waals surface area contributed by atoms with Gasteiger partial charge in [-0.2, -0.15) is 0 Å². The van der Waals surface area contributed by atoms with Crippen LogP contribution in [0, 0.1) is 0 Å². The minimum absolute atomic E-state index is 0.00988. The van der Waals surface area contributed by atoms with Gasteiger partial charge >= 0.3 is 13.6 Å². The van der Waals surface area contributed by atoms with Crippen LogP contribution in [0.1, 0.15) is 24.4 Å². The third-order valence-electron chi connectivity index (χ3n) is 9.41. The first-order valence-electron chi connectivity index (χ1n) is 16.7. The summed E-state index contributed by atoms with van der Waals surface area (Å²) in [7, 11) is 0. The normalized spacial score (nSPS) is 34.4. The van der Waals surface area contributed by atoms with Crippen LogP contribution in [0.15, 0.2) is 30.0 Å². The molecule has 4 aromatic heterocycles. The Balaban J connectivity index is 1.06. The summed E-state index contributed by atoms with van der Waals surface area (Å²) in [4.78, 5) is 41.7. The number of carbonyl (C=O) groups is 1. The SMILES string of the molecule is O=C(CO)NCCn1cnc2c(ncn2[C@@H]2O[C@@H]3COP(=O)(S)O[C@H]4[C@@H](F)[C@H](n5cc6c7c(ncnc75)NCCC6)O[C@@H]4COP(=O)(S)O[C@@H]2[C@@H]3O)c1=O. The van der Waals surface area contributed by atoms with Crippen molar-refractivity contribution in [3.63, 3.8) is 0 Å². The Kier molecular flexibility index (Phi) is 10.4. The quantitative estimate of drug-likeness (QED) is 0.117. The molecule has 4 aromatic rings. The number of nitrogens with zero attached hydrogens (tertiary/aromatic N) is 7. The Labute approximate surface area is 314 Å². The van der Waals surface area contributed by atoms with Crippen LogP contribution in [0.25, 0.3) is 22.2 Å². The van der Waals surface area contributed by atoms with E-state index in [2.05, 4.69) is 55.1 Å². The second kappa shape index (κ2) is 14.8. The van der Waals surface area contributed by atoms with E-state index in [0.717, 1.165) is 12.0 Å². The fourth-order valence-corrected chi connectivity index (χ4v) is 9.84. The topological polar surface area (TPSA) is 255 Å². The van der Waals surface area contributed by atoms with Gasteiger partial charge in [-0.25, -0.2) is 33.5 Å². The Morgan fingerprint density at radius 1 is 1.00 bits per heavy atom. The number of fused-ring (bicyclic) bond motifs is 4. The molecule has 0 radical (unpaired) electrons. The first-order chi connectivity index (χ1) is 25.8. The molecule has 54 heavy (non-hydrogen) atoms. The number of carbonyl (C=O) groups excluding carboxylic acids is 1. The molecule has 4 N–H and O–H groups in total. The predicted molar refractivity (Wildman–Crippen MR) is 190 cm³/mol. The van der Waals surface area contributed by atoms with Crippen LogP contribution in [0.2, 0.25) is 0 Å². The average molecular weight is 834 g/mol. The van der Waals surface area contributed by atoms with E-state index in [1.54, 1.807) is 6.20 Å². The number of amides is 1. The smallest absolute Gasteiger partial charge is 0.386 e. The van der Waals surface area contributed by atoms with E-state index in [-0.39, 0.29) is 24.3 Å². The molecular weight excluding hydrogens is 799 g/mol. The molecule has 3 fully saturated rings. The van der Waals surface area contributed by atoms with E-state index >= 15 is 4.39 Å². The van der Waals surface area contributed by atoms with E-state index in [1.807, 2.05) is 0 Å². The van der Waals surface area contributed by atoms with Gasteiger partial charge in [0.1, 0.15) is 61.2 Å². The van der Waals surface area contributed by atoms with Crippen molar-refractivity contribution in [1.82, 2.24) is 39.0 Å². The van der Waals surface area contributed by atoms with E-state index < -0.39 is 94.0 Å². The zero-order valence-corrected chi connectivity index (χ0v) is 31.4.